The number of hydrogen-bond donors (Lipinski definition) is 0. The summed E-state index contributed by atoms with van der Waals surface area (Å²) in [6.07, 6.45) is 0.381. The molecule has 14 heavy (non-hydrogen) atoms. The first-order valence-electron chi connectivity index (χ1n) is 4.13. The van der Waals surface area contributed by atoms with Gasteiger partial charge in [-0.05, 0) is 21.5 Å². The molecule has 0 radical (unpaired) electrons. The van der Waals surface area contributed by atoms with Gasteiger partial charge in [-0.1, -0.05) is 34.1 Å². The first-order valence-corrected chi connectivity index (χ1v) is 6.58. The van der Waals surface area contributed by atoms with Crippen LogP contribution in [0, 0.1) is 0 Å². The van der Waals surface area contributed by atoms with Gasteiger partial charge in [0, 0.05) is 27.7 Å². The molecule has 0 amide bonds. The Balaban J connectivity index is 3.03. The van der Waals surface area contributed by atoms with Crippen molar-refractivity contribution < 1.29 is 4.79 Å². The van der Waals surface area contributed by atoms with E-state index >= 15 is 0 Å². The predicted octanol–water partition coefficient (Wildman–Crippen LogP) is 4.16. The molecule has 0 heterocycles. The molecule has 0 saturated carbocycles. The second-order valence-corrected chi connectivity index (χ2v) is 4.51. The highest BCUT2D eigenvalue weighted by Crippen LogP contribution is 2.24. The average Bonchev–Trinajstić information content (AvgIpc) is 2.18. The second kappa shape index (κ2) is 5.89. The maximum atomic E-state index is 11.6. The molecule has 0 bridgehead atoms. The van der Waals surface area contributed by atoms with Gasteiger partial charge in [0.15, 0.2) is 5.78 Å². The molecule has 0 atom stereocenters. The third kappa shape index (κ3) is 2.81. The summed E-state index contributed by atoms with van der Waals surface area (Å²) in [6, 6.07) is 5.66. The molecule has 1 aromatic carbocycles. The fourth-order valence-electron chi connectivity index (χ4n) is 1.12. The summed E-state index contributed by atoms with van der Waals surface area (Å²) in [5.41, 5.74) is 1.79. The van der Waals surface area contributed by atoms with Crippen molar-refractivity contribution in [3.8, 4) is 0 Å². The standard InChI is InChI=1S/C10H9Br2ClO/c11-6-7-2-1-3-8(10(7)12)9(14)4-5-13/h1-3H,4-6H2. The fourth-order valence-corrected chi connectivity index (χ4v) is 2.76. The highest BCUT2D eigenvalue weighted by atomic mass is 79.9. The van der Waals surface area contributed by atoms with Gasteiger partial charge in [-0.15, -0.1) is 11.6 Å². The van der Waals surface area contributed by atoms with Crippen LogP contribution in [0.2, 0.25) is 0 Å². The number of rotatable bonds is 4. The Morgan fingerprint density at radius 2 is 2.14 bits per heavy atom. The van der Waals surface area contributed by atoms with E-state index in [9.17, 15) is 4.79 Å². The molecule has 1 rings (SSSR count). The van der Waals surface area contributed by atoms with Gasteiger partial charge in [0.1, 0.15) is 0 Å². The van der Waals surface area contributed by atoms with Crippen molar-refractivity contribution in [1.29, 1.82) is 0 Å². The molecular formula is C10H9Br2ClO. The Labute approximate surface area is 105 Å². The monoisotopic (exact) mass is 338 g/mol. The average molecular weight is 340 g/mol. The van der Waals surface area contributed by atoms with Crippen LogP contribution in [-0.4, -0.2) is 11.7 Å². The topological polar surface area (TPSA) is 17.1 Å². The summed E-state index contributed by atoms with van der Waals surface area (Å²) < 4.78 is 0.868. The predicted molar refractivity (Wildman–Crippen MR) is 66.4 cm³/mol. The summed E-state index contributed by atoms with van der Waals surface area (Å²) >= 11 is 12.3. The number of benzene rings is 1. The Bertz CT molecular complexity index is 339. The molecule has 0 fully saturated rings. The third-order valence-electron chi connectivity index (χ3n) is 1.84. The van der Waals surface area contributed by atoms with E-state index in [1.165, 1.54) is 0 Å². The molecule has 0 unspecified atom stereocenters. The zero-order valence-corrected chi connectivity index (χ0v) is 11.3. The summed E-state index contributed by atoms with van der Waals surface area (Å²) in [4.78, 5) is 11.6. The van der Waals surface area contributed by atoms with Gasteiger partial charge in [0.2, 0.25) is 0 Å². The van der Waals surface area contributed by atoms with E-state index in [2.05, 4.69) is 31.9 Å². The van der Waals surface area contributed by atoms with Gasteiger partial charge in [-0.25, -0.2) is 0 Å². The third-order valence-corrected chi connectivity index (χ3v) is 3.57. The Hall–Kier alpha value is 0.140. The van der Waals surface area contributed by atoms with Crippen LogP contribution in [0.25, 0.3) is 0 Å². The van der Waals surface area contributed by atoms with Gasteiger partial charge < -0.3 is 0 Å². The van der Waals surface area contributed by atoms with E-state index in [-0.39, 0.29) is 5.78 Å². The Morgan fingerprint density at radius 1 is 1.43 bits per heavy atom. The maximum absolute atomic E-state index is 11.6. The van der Waals surface area contributed by atoms with Crippen molar-refractivity contribution in [2.45, 2.75) is 11.8 Å². The molecule has 1 aromatic rings. The largest absolute Gasteiger partial charge is 0.294 e. The van der Waals surface area contributed by atoms with E-state index in [1.54, 1.807) is 0 Å². The second-order valence-electron chi connectivity index (χ2n) is 2.77. The first-order chi connectivity index (χ1) is 6.70. The molecule has 0 aliphatic heterocycles. The van der Waals surface area contributed by atoms with Crippen molar-refractivity contribution in [2.24, 2.45) is 0 Å². The molecule has 0 spiro atoms. The Morgan fingerprint density at radius 3 is 2.71 bits per heavy atom. The molecule has 0 saturated heterocycles. The molecule has 0 aliphatic rings. The van der Waals surface area contributed by atoms with Crippen LogP contribution >= 0.6 is 43.5 Å². The highest BCUT2D eigenvalue weighted by molar-refractivity contribution is 9.10. The van der Waals surface area contributed by atoms with Gasteiger partial charge in [0.25, 0.3) is 0 Å². The van der Waals surface area contributed by atoms with Crippen LogP contribution < -0.4 is 0 Å². The van der Waals surface area contributed by atoms with Crippen molar-refractivity contribution >= 4 is 49.2 Å². The molecule has 4 heteroatoms. The Kier molecular flexibility index (Phi) is 5.13. The van der Waals surface area contributed by atoms with Crippen molar-refractivity contribution in [1.82, 2.24) is 0 Å². The fraction of sp³-hybridized carbons (Fsp3) is 0.300. The zero-order valence-electron chi connectivity index (χ0n) is 7.40. The normalized spacial score (nSPS) is 10.2. The van der Waals surface area contributed by atoms with Gasteiger partial charge in [0.05, 0.1) is 0 Å². The van der Waals surface area contributed by atoms with Gasteiger partial charge in [-0.2, -0.15) is 0 Å². The quantitative estimate of drug-likeness (QED) is 0.594. The number of ketones is 1. The number of carbonyl (C=O) groups excluding carboxylic acids is 1. The van der Waals surface area contributed by atoms with E-state index in [1.807, 2.05) is 18.2 Å². The van der Waals surface area contributed by atoms with Crippen LogP contribution in [0.3, 0.4) is 0 Å². The lowest BCUT2D eigenvalue weighted by Gasteiger charge is -2.05. The molecule has 0 aliphatic carbocycles. The van der Waals surface area contributed by atoms with Crippen LogP contribution in [0.1, 0.15) is 22.3 Å². The number of alkyl halides is 2. The molecule has 0 N–H and O–H groups in total. The summed E-state index contributed by atoms with van der Waals surface area (Å²) in [7, 11) is 0. The van der Waals surface area contributed by atoms with Gasteiger partial charge >= 0.3 is 0 Å². The van der Waals surface area contributed by atoms with Crippen LogP contribution in [-0.2, 0) is 5.33 Å². The van der Waals surface area contributed by atoms with Crippen LogP contribution in [0.15, 0.2) is 22.7 Å². The minimum atomic E-state index is 0.0784. The first kappa shape index (κ1) is 12.2. The van der Waals surface area contributed by atoms with Crippen molar-refractivity contribution in [2.75, 3.05) is 5.88 Å². The summed E-state index contributed by atoms with van der Waals surface area (Å²) in [5.74, 6) is 0.443. The van der Waals surface area contributed by atoms with Crippen LogP contribution in [0.5, 0.6) is 0 Å². The van der Waals surface area contributed by atoms with E-state index < -0.39 is 0 Å². The van der Waals surface area contributed by atoms with Crippen molar-refractivity contribution in [3.63, 3.8) is 0 Å². The minimum absolute atomic E-state index is 0.0784. The lowest BCUT2D eigenvalue weighted by Crippen LogP contribution is -2.02. The zero-order chi connectivity index (χ0) is 10.6. The van der Waals surface area contributed by atoms with Crippen LogP contribution in [0.4, 0.5) is 0 Å². The summed E-state index contributed by atoms with van der Waals surface area (Å²) in [6.45, 7) is 0. The van der Waals surface area contributed by atoms with Crippen molar-refractivity contribution in [3.05, 3.63) is 33.8 Å². The number of hydrogen-bond acceptors (Lipinski definition) is 1. The minimum Gasteiger partial charge on any atom is -0.294 e. The number of carbonyl (C=O) groups is 1. The van der Waals surface area contributed by atoms with E-state index in [0.717, 1.165) is 15.4 Å². The van der Waals surface area contributed by atoms with E-state index in [0.29, 0.717) is 17.9 Å². The molecule has 0 aromatic heterocycles. The maximum Gasteiger partial charge on any atom is 0.165 e. The molecular weight excluding hydrogens is 331 g/mol. The van der Waals surface area contributed by atoms with E-state index in [4.69, 9.17) is 11.6 Å². The number of Topliss-reactive ketones (excluding diaryl/α,β-unsaturated/α-hetero) is 1. The lowest BCUT2D eigenvalue weighted by atomic mass is 10.1. The van der Waals surface area contributed by atoms with Gasteiger partial charge in [-0.3, -0.25) is 4.79 Å². The summed E-state index contributed by atoms with van der Waals surface area (Å²) in [5, 5.41) is 0.732. The SMILES string of the molecule is O=C(CCCl)c1cccc(CBr)c1Br. The number of halogens is 3. The molecule has 1 nitrogen and oxygen atoms in total. The molecule has 76 valence electrons. The lowest BCUT2D eigenvalue weighted by molar-refractivity contribution is 0.0988. The smallest absolute Gasteiger partial charge is 0.165 e. The highest BCUT2D eigenvalue weighted by Gasteiger charge is 2.11.